The van der Waals surface area contributed by atoms with Crippen LogP contribution in [0.4, 0.5) is 11.4 Å². The Hall–Kier alpha value is -4.19. The Kier molecular flexibility index (Phi) is 7.54. The zero-order valence-electron chi connectivity index (χ0n) is 18.3. The first kappa shape index (κ1) is 22.5. The number of anilines is 2. The molecule has 164 valence electrons. The summed E-state index contributed by atoms with van der Waals surface area (Å²) in [5.74, 6) is 1.64. The number of nitrogen functional groups attached to an aromatic ring is 1. The topological polar surface area (TPSA) is 82.8 Å². The van der Waals surface area contributed by atoms with E-state index >= 15 is 0 Å². The van der Waals surface area contributed by atoms with Gasteiger partial charge in [-0.2, -0.15) is 0 Å². The first-order valence-electron chi connectivity index (χ1n) is 9.95. The number of methoxy groups -OCH3 is 3. The van der Waals surface area contributed by atoms with Crippen LogP contribution in [-0.2, 0) is 0 Å². The quantitative estimate of drug-likeness (QED) is 0.208. The normalized spacial score (nSPS) is 11.0. The van der Waals surface area contributed by atoms with Gasteiger partial charge in [-0.15, -0.1) is 0 Å². The Morgan fingerprint density at radius 2 is 1.50 bits per heavy atom. The zero-order chi connectivity index (χ0) is 22.9. The smallest absolute Gasteiger partial charge is 0.203 e. The van der Waals surface area contributed by atoms with Crippen LogP contribution >= 0.6 is 0 Å². The van der Waals surface area contributed by atoms with E-state index in [1.54, 1.807) is 51.8 Å². The third-order valence-electron chi connectivity index (χ3n) is 4.72. The summed E-state index contributed by atoms with van der Waals surface area (Å²) in [7, 11) is 4.75. The lowest BCUT2D eigenvalue weighted by Crippen LogP contribution is -1.97. The fourth-order valence-corrected chi connectivity index (χ4v) is 3.08. The number of nitrogens with one attached hydrogen (secondary N) is 1. The third-order valence-corrected chi connectivity index (χ3v) is 4.72. The predicted molar refractivity (Wildman–Crippen MR) is 129 cm³/mol. The van der Waals surface area contributed by atoms with Gasteiger partial charge in [-0.3, -0.25) is 4.79 Å². The minimum absolute atomic E-state index is 0.101. The van der Waals surface area contributed by atoms with Crippen LogP contribution in [-0.4, -0.2) is 27.1 Å². The fourth-order valence-electron chi connectivity index (χ4n) is 3.08. The zero-order valence-corrected chi connectivity index (χ0v) is 18.3. The van der Waals surface area contributed by atoms with Gasteiger partial charge in [-0.1, -0.05) is 24.3 Å². The third kappa shape index (κ3) is 5.70. The van der Waals surface area contributed by atoms with Crippen molar-refractivity contribution >= 4 is 29.3 Å². The van der Waals surface area contributed by atoms with Gasteiger partial charge in [-0.25, -0.2) is 0 Å². The predicted octanol–water partition coefficient (Wildman–Crippen LogP) is 5.27. The van der Waals surface area contributed by atoms with E-state index in [0.717, 1.165) is 16.8 Å². The highest BCUT2D eigenvalue weighted by Crippen LogP contribution is 2.38. The second-order valence-electron chi connectivity index (χ2n) is 6.88. The van der Waals surface area contributed by atoms with Gasteiger partial charge in [0.15, 0.2) is 17.3 Å². The molecule has 0 spiro atoms. The monoisotopic (exact) mass is 430 g/mol. The van der Waals surface area contributed by atoms with Gasteiger partial charge in [0.1, 0.15) is 0 Å². The van der Waals surface area contributed by atoms with E-state index in [0.29, 0.717) is 28.5 Å². The van der Waals surface area contributed by atoms with Crippen LogP contribution in [0.15, 0.2) is 72.9 Å². The summed E-state index contributed by atoms with van der Waals surface area (Å²) in [6, 6.07) is 18.4. The molecular weight excluding hydrogens is 404 g/mol. The maximum Gasteiger partial charge on any atom is 0.203 e. The number of nitrogens with two attached hydrogens (primary N) is 1. The minimum Gasteiger partial charge on any atom is -0.493 e. The van der Waals surface area contributed by atoms with E-state index in [9.17, 15) is 4.79 Å². The number of ketones is 1. The second-order valence-corrected chi connectivity index (χ2v) is 6.88. The molecule has 6 nitrogen and oxygen atoms in total. The highest BCUT2D eigenvalue weighted by molar-refractivity contribution is 6.04. The van der Waals surface area contributed by atoms with Crippen LogP contribution in [0, 0.1) is 0 Å². The Morgan fingerprint density at radius 3 is 2.12 bits per heavy atom. The van der Waals surface area contributed by atoms with Crippen LogP contribution in [0.3, 0.4) is 0 Å². The average molecular weight is 431 g/mol. The molecule has 0 atom stereocenters. The second kappa shape index (κ2) is 10.7. The summed E-state index contributed by atoms with van der Waals surface area (Å²) >= 11 is 0. The summed E-state index contributed by atoms with van der Waals surface area (Å²) in [5.41, 5.74) is 9.62. The summed E-state index contributed by atoms with van der Waals surface area (Å²) in [5, 5.41) is 3.13. The Balaban J connectivity index is 1.70. The molecule has 0 radical (unpaired) electrons. The molecule has 0 heterocycles. The Bertz CT molecular complexity index is 1110. The van der Waals surface area contributed by atoms with Crippen molar-refractivity contribution in [1.82, 2.24) is 0 Å². The molecule has 3 rings (SSSR count). The van der Waals surface area contributed by atoms with Crippen molar-refractivity contribution in [2.24, 2.45) is 0 Å². The van der Waals surface area contributed by atoms with Crippen molar-refractivity contribution in [3.05, 3.63) is 89.6 Å². The van der Waals surface area contributed by atoms with E-state index in [1.165, 1.54) is 6.08 Å². The summed E-state index contributed by atoms with van der Waals surface area (Å²) in [4.78, 5) is 12.2. The van der Waals surface area contributed by atoms with E-state index < -0.39 is 0 Å². The van der Waals surface area contributed by atoms with Crippen molar-refractivity contribution in [3.8, 4) is 17.2 Å². The largest absolute Gasteiger partial charge is 0.493 e. The molecule has 0 unspecified atom stereocenters. The number of carbonyl (C=O) groups is 1. The molecule has 3 aromatic rings. The molecule has 32 heavy (non-hydrogen) atoms. The number of hydrogen-bond acceptors (Lipinski definition) is 6. The van der Waals surface area contributed by atoms with Gasteiger partial charge >= 0.3 is 0 Å². The Morgan fingerprint density at radius 1 is 0.844 bits per heavy atom. The molecule has 0 fully saturated rings. The molecule has 0 aromatic heterocycles. The molecule has 0 saturated heterocycles. The van der Waals surface area contributed by atoms with Crippen molar-refractivity contribution in [3.63, 3.8) is 0 Å². The highest BCUT2D eigenvalue weighted by Gasteiger charge is 2.11. The maximum absolute atomic E-state index is 12.2. The molecule has 0 aliphatic carbocycles. The summed E-state index contributed by atoms with van der Waals surface area (Å²) in [6.45, 7) is 0. The summed E-state index contributed by atoms with van der Waals surface area (Å²) in [6.07, 6.45) is 7.06. The highest BCUT2D eigenvalue weighted by atomic mass is 16.5. The Labute approximate surface area is 187 Å². The lowest BCUT2D eigenvalue weighted by Gasteiger charge is -2.12. The molecule has 3 aromatic carbocycles. The number of ether oxygens (including phenoxy) is 3. The van der Waals surface area contributed by atoms with Crippen molar-refractivity contribution in [2.75, 3.05) is 32.4 Å². The molecule has 6 heteroatoms. The average Bonchev–Trinajstić information content (AvgIpc) is 2.82. The van der Waals surface area contributed by atoms with E-state index in [4.69, 9.17) is 19.9 Å². The van der Waals surface area contributed by atoms with Gasteiger partial charge in [0.25, 0.3) is 0 Å². The van der Waals surface area contributed by atoms with Crippen LogP contribution < -0.4 is 25.3 Å². The first-order valence-corrected chi connectivity index (χ1v) is 9.95. The number of carbonyl (C=O) groups excluding carboxylic acids is 1. The van der Waals surface area contributed by atoms with Crippen molar-refractivity contribution in [2.45, 2.75) is 0 Å². The van der Waals surface area contributed by atoms with Gasteiger partial charge < -0.3 is 25.3 Å². The number of benzene rings is 3. The lowest BCUT2D eigenvalue weighted by molar-refractivity contribution is 0.104. The summed E-state index contributed by atoms with van der Waals surface area (Å²) < 4.78 is 16.2. The first-order chi connectivity index (χ1) is 15.5. The lowest BCUT2D eigenvalue weighted by atomic mass is 10.1. The molecule has 0 amide bonds. The van der Waals surface area contributed by atoms with Gasteiger partial charge in [0.05, 0.1) is 21.3 Å². The number of allylic oxidation sites excluding steroid dienone is 1. The van der Waals surface area contributed by atoms with Crippen LogP contribution in [0.5, 0.6) is 17.2 Å². The van der Waals surface area contributed by atoms with Crippen molar-refractivity contribution < 1.29 is 19.0 Å². The van der Waals surface area contributed by atoms with Gasteiger partial charge in [-0.05, 0) is 59.7 Å². The van der Waals surface area contributed by atoms with E-state index in [2.05, 4.69) is 5.32 Å². The van der Waals surface area contributed by atoms with Gasteiger partial charge in [0.2, 0.25) is 5.75 Å². The maximum atomic E-state index is 12.2. The van der Waals surface area contributed by atoms with Crippen LogP contribution in [0.25, 0.3) is 12.2 Å². The standard InChI is InChI=1S/C26H26N2O4/c1-30-24-16-19(17-25(31-2)26(24)32-3)8-7-18-5-4-6-22(15-18)28-14-13-23(29)20-9-11-21(27)12-10-20/h4-17,28H,27H2,1-3H3/b8-7+,14-13-. The molecule has 0 bridgehead atoms. The molecule has 0 aliphatic rings. The van der Waals surface area contributed by atoms with E-state index in [1.807, 2.05) is 48.6 Å². The van der Waals surface area contributed by atoms with Crippen molar-refractivity contribution in [1.29, 1.82) is 0 Å². The molecular formula is C26H26N2O4. The SMILES string of the molecule is COc1cc(/C=C/c2cccc(N/C=C\C(=O)c3ccc(N)cc3)c2)cc(OC)c1OC. The molecule has 3 N–H and O–H groups in total. The van der Waals surface area contributed by atoms with Gasteiger partial charge in [0, 0.05) is 29.2 Å². The van der Waals surface area contributed by atoms with Crippen LogP contribution in [0.2, 0.25) is 0 Å². The van der Waals surface area contributed by atoms with Crippen LogP contribution in [0.1, 0.15) is 21.5 Å². The molecule has 0 saturated carbocycles. The molecule has 0 aliphatic heterocycles. The number of hydrogen-bond donors (Lipinski definition) is 2. The fraction of sp³-hybridized carbons (Fsp3) is 0.115. The minimum atomic E-state index is -0.101. The number of rotatable bonds is 9. The van der Waals surface area contributed by atoms with E-state index in [-0.39, 0.29) is 5.78 Å².